The van der Waals surface area contributed by atoms with Crippen molar-refractivity contribution in [3.63, 3.8) is 0 Å². The molecule has 3 rings (SSSR count). The molecule has 1 fully saturated rings. The van der Waals surface area contributed by atoms with Crippen LogP contribution in [0.5, 0.6) is 0 Å². The van der Waals surface area contributed by atoms with Crippen molar-refractivity contribution in [1.82, 2.24) is 20.4 Å². The van der Waals surface area contributed by atoms with Gasteiger partial charge < -0.3 is 15.5 Å². The molecule has 1 unspecified atom stereocenters. The van der Waals surface area contributed by atoms with Crippen molar-refractivity contribution in [3.05, 3.63) is 57.8 Å². The number of benzene rings is 1. The zero-order chi connectivity index (χ0) is 22.1. The van der Waals surface area contributed by atoms with Crippen molar-refractivity contribution in [2.75, 3.05) is 40.3 Å². The number of carbonyl (C=O) groups is 1. The number of carbonyl (C=O) groups excluding carboxylic acids is 1. The summed E-state index contributed by atoms with van der Waals surface area (Å²) in [4.78, 5) is 22.4. The quantitative estimate of drug-likeness (QED) is 0.487. The van der Waals surface area contributed by atoms with Gasteiger partial charge in [-0.3, -0.25) is 9.69 Å². The lowest BCUT2D eigenvalue weighted by Gasteiger charge is -2.32. The summed E-state index contributed by atoms with van der Waals surface area (Å²) in [6.45, 7) is 7.82. The molecule has 1 aliphatic rings. The molecule has 6 nitrogen and oxygen atoms in total. The average Bonchev–Trinajstić information content (AvgIpc) is 3.29. The van der Waals surface area contributed by atoms with Crippen LogP contribution in [0.3, 0.4) is 0 Å². The average molecular weight is 442 g/mol. The Hall–Kier alpha value is -2.38. The summed E-state index contributed by atoms with van der Waals surface area (Å²) in [5, 5.41) is 9.05. The molecule has 1 amide bonds. The third-order valence-electron chi connectivity index (χ3n) is 5.49. The number of piperidine rings is 1. The Balaban J connectivity index is 1.50. The van der Waals surface area contributed by atoms with Crippen molar-refractivity contribution in [2.24, 2.45) is 10.9 Å². The van der Waals surface area contributed by atoms with Crippen LogP contribution in [-0.4, -0.2) is 61.9 Å². The number of thiophene rings is 1. The molecule has 1 aromatic heterocycles. The van der Waals surface area contributed by atoms with Crippen molar-refractivity contribution in [1.29, 1.82) is 0 Å². The molecular formula is C24H35N5OS. The van der Waals surface area contributed by atoms with Gasteiger partial charge in [0.25, 0.3) is 5.91 Å². The molecule has 0 radical (unpaired) electrons. The summed E-state index contributed by atoms with van der Waals surface area (Å²) < 4.78 is 0. The molecule has 2 N–H and O–H groups in total. The highest BCUT2D eigenvalue weighted by Crippen LogP contribution is 2.20. The van der Waals surface area contributed by atoms with Gasteiger partial charge in [-0.25, -0.2) is 4.99 Å². The molecule has 168 valence electrons. The van der Waals surface area contributed by atoms with E-state index in [1.54, 1.807) is 19.0 Å². The fourth-order valence-electron chi connectivity index (χ4n) is 3.85. The Morgan fingerprint density at radius 1 is 1.23 bits per heavy atom. The number of guanidine groups is 1. The Morgan fingerprint density at radius 2 is 2.03 bits per heavy atom. The first-order valence-corrected chi connectivity index (χ1v) is 12.0. The summed E-state index contributed by atoms with van der Waals surface area (Å²) in [5.41, 5.74) is 1.79. The van der Waals surface area contributed by atoms with E-state index >= 15 is 0 Å². The fourth-order valence-corrected chi connectivity index (χ4v) is 4.59. The van der Waals surface area contributed by atoms with E-state index in [4.69, 9.17) is 4.99 Å². The maximum absolute atomic E-state index is 12.0. The first-order chi connectivity index (χ1) is 15.0. The van der Waals surface area contributed by atoms with E-state index in [-0.39, 0.29) is 5.91 Å². The summed E-state index contributed by atoms with van der Waals surface area (Å²) in [7, 11) is 3.53. The van der Waals surface area contributed by atoms with Crippen LogP contribution in [0.2, 0.25) is 0 Å². The fraction of sp³-hybridized carbons (Fsp3) is 0.500. The lowest BCUT2D eigenvalue weighted by atomic mass is 9.98. The van der Waals surface area contributed by atoms with Gasteiger partial charge in [-0.05, 0) is 61.4 Å². The van der Waals surface area contributed by atoms with Gasteiger partial charge in [0.1, 0.15) is 0 Å². The minimum atomic E-state index is 0.0191. The van der Waals surface area contributed by atoms with E-state index in [0.717, 1.165) is 37.7 Å². The zero-order valence-corrected chi connectivity index (χ0v) is 19.8. The van der Waals surface area contributed by atoms with E-state index in [1.807, 2.05) is 35.6 Å². The zero-order valence-electron chi connectivity index (χ0n) is 18.9. The van der Waals surface area contributed by atoms with Crippen LogP contribution < -0.4 is 10.6 Å². The van der Waals surface area contributed by atoms with Crippen LogP contribution in [0.1, 0.15) is 40.6 Å². The molecule has 2 aromatic rings. The van der Waals surface area contributed by atoms with Gasteiger partial charge in [0, 0.05) is 50.7 Å². The standard InChI is InChI=1S/C24H35N5OS/c1-4-25-24(26-15-19-9-11-21(12-10-19)23(30)28(2)3)27-16-20-7-5-13-29(17-20)18-22-8-6-14-31-22/h6,8-12,14,20H,4-5,7,13,15-18H2,1-3H3,(H2,25,26,27). The molecule has 2 heterocycles. The summed E-state index contributed by atoms with van der Waals surface area (Å²) >= 11 is 1.84. The van der Waals surface area contributed by atoms with E-state index in [1.165, 1.54) is 24.3 Å². The number of aliphatic imine (C=N–C) groups is 1. The normalized spacial score (nSPS) is 17.4. The number of nitrogens with zero attached hydrogens (tertiary/aromatic N) is 3. The molecule has 0 bridgehead atoms. The van der Waals surface area contributed by atoms with Crippen molar-refractivity contribution < 1.29 is 4.79 Å². The summed E-state index contributed by atoms with van der Waals surface area (Å²) in [5.74, 6) is 1.51. The van der Waals surface area contributed by atoms with E-state index in [2.05, 4.69) is 40.0 Å². The van der Waals surface area contributed by atoms with Gasteiger partial charge in [0.05, 0.1) is 6.54 Å². The highest BCUT2D eigenvalue weighted by atomic mass is 32.1. The van der Waals surface area contributed by atoms with E-state index in [0.29, 0.717) is 18.0 Å². The van der Waals surface area contributed by atoms with Gasteiger partial charge >= 0.3 is 0 Å². The second kappa shape index (κ2) is 11.9. The molecule has 0 spiro atoms. The molecule has 0 saturated carbocycles. The first-order valence-electron chi connectivity index (χ1n) is 11.1. The molecule has 1 aromatic carbocycles. The maximum Gasteiger partial charge on any atom is 0.253 e. The monoisotopic (exact) mass is 441 g/mol. The highest BCUT2D eigenvalue weighted by Gasteiger charge is 2.20. The Morgan fingerprint density at radius 3 is 2.71 bits per heavy atom. The molecule has 31 heavy (non-hydrogen) atoms. The lowest BCUT2D eigenvalue weighted by molar-refractivity contribution is 0.0827. The summed E-state index contributed by atoms with van der Waals surface area (Å²) in [6, 6.07) is 12.1. The van der Waals surface area contributed by atoms with Crippen LogP contribution in [0.15, 0.2) is 46.8 Å². The second-order valence-corrected chi connectivity index (χ2v) is 9.33. The van der Waals surface area contributed by atoms with Crippen LogP contribution >= 0.6 is 11.3 Å². The predicted molar refractivity (Wildman–Crippen MR) is 130 cm³/mol. The number of hydrogen-bond acceptors (Lipinski definition) is 4. The maximum atomic E-state index is 12.0. The number of amides is 1. The first kappa shape index (κ1) is 23.3. The van der Waals surface area contributed by atoms with Gasteiger partial charge in [0.2, 0.25) is 0 Å². The van der Waals surface area contributed by atoms with Gasteiger partial charge in [-0.15, -0.1) is 11.3 Å². The number of likely N-dealkylation sites (tertiary alicyclic amines) is 1. The Kier molecular flexibility index (Phi) is 8.91. The molecule has 1 atom stereocenters. The second-order valence-electron chi connectivity index (χ2n) is 8.30. The van der Waals surface area contributed by atoms with Crippen LogP contribution in [0.25, 0.3) is 0 Å². The van der Waals surface area contributed by atoms with E-state index < -0.39 is 0 Å². The van der Waals surface area contributed by atoms with Crippen molar-refractivity contribution in [2.45, 2.75) is 32.9 Å². The molecule has 0 aliphatic carbocycles. The topological polar surface area (TPSA) is 60.0 Å². The molecule has 1 saturated heterocycles. The SMILES string of the molecule is CCNC(=NCc1ccc(C(=O)N(C)C)cc1)NCC1CCCN(Cc2cccs2)C1. The minimum absolute atomic E-state index is 0.0191. The van der Waals surface area contributed by atoms with Gasteiger partial charge in [-0.2, -0.15) is 0 Å². The number of nitrogens with one attached hydrogen (secondary N) is 2. The Labute approximate surface area is 190 Å². The third-order valence-corrected chi connectivity index (χ3v) is 6.35. The van der Waals surface area contributed by atoms with Crippen LogP contribution in [0, 0.1) is 5.92 Å². The summed E-state index contributed by atoms with van der Waals surface area (Å²) in [6.07, 6.45) is 2.51. The third kappa shape index (κ3) is 7.36. The largest absolute Gasteiger partial charge is 0.357 e. The number of rotatable bonds is 8. The molecular weight excluding hydrogens is 406 g/mol. The van der Waals surface area contributed by atoms with E-state index in [9.17, 15) is 4.79 Å². The van der Waals surface area contributed by atoms with Crippen LogP contribution in [-0.2, 0) is 13.1 Å². The Bertz CT molecular complexity index is 832. The molecule has 1 aliphatic heterocycles. The highest BCUT2D eigenvalue weighted by molar-refractivity contribution is 7.09. The predicted octanol–water partition coefficient (Wildman–Crippen LogP) is 3.42. The van der Waals surface area contributed by atoms with Crippen molar-refractivity contribution in [3.8, 4) is 0 Å². The van der Waals surface area contributed by atoms with Crippen LogP contribution in [0.4, 0.5) is 0 Å². The lowest BCUT2D eigenvalue weighted by Crippen LogP contribution is -2.44. The van der Waals surface area contributed by atoms with Crippen molar-refractivity contribution >= 4 is 23.2 Å². The minimum Gasteiger partial charge on any atom is -0.357 e. The number of hydrogen-bond donors (Lipinski definition) is 2. The van der Waals surface area contributed by atoms with Gasteiger partial charge in [-0.1, -0.05) is 18.2 Å². The molecule has 7 heteroatoms. The van der Waals surface area contributed by atoms with Gasteiger partial charge in [0.15, 0.2) is 5.96 Å². The smallest absolute Gasteiger partial charge is 0.253 e.